The van der Waals surface area contributed by atoms with E-state index in [1.807, 2.05) is 38.2 Å². The molecule has 3 aromatic heterocycles. The average Bonchev–Trinajstić information content (AvgIpc) is 2.95. The summed E-state index contributed by atoms with van der Waals surface area (Å²) in [4.78, 5) is 20.9. The van der Waals surface area contributed by atoms with Crippen LogP contribution in [0.5, 0.6) is 0 Å². The van der Waals surface area contributed by atoms with Gasteiger partial charge in [0.2, 0.25) is 0 Å². The Morgan fingerprint density at radius 3 is 2.60 bits per heavy atom. The predicted molar refractivity (Wildman–Crippen MR) is 94.3 cm³/mol. The Labute approximate surface area is 143 Å². The second kappa shape index (κ2) is 5.98. The van der Waals surface area contributed by atoms with Gasteiger partial charge in [-0.1, -0.05) is 11.2 Å². The number of aryl methyl sites for hydroxylation is 2. The van der Waals surface area contributed by atoms with Crippen molar-refractivity contribution in [3.63, 3.8) is 0 Å². The summed E-state index contributed by atoms with van der Waals surface area (Å²) in [7, 11) is 0. The minimum absolute atomic E-state index is 0.0604. The zero-order valence-corrected chi connectivity index (χ0v) is 13.9. The molecule has 0 aliphatic rings. The van der Waals surface area contributed by atoms with Crippen LogP contribution in [0.25, 0.3) is 22.2 Å². The molecule has 0 atom stereocenters. The molecule has 0 aliphatic heterocycles. The van der Waals surface area contributed by atoms with Crippen LogP contribution in [0.1, 0.15) is 17.0 Å². The lowest BCUT2D eigenvalue weighted by Crippen LogP contribution is -2.19. The number of rotatable bonds is 3. The number of aromatic nitrogens is 4. The molecule has 0 radical (unpaired) electrons. The average molecular weight is 332 g/mol. The second-order valence-corrected chi connectivity index (χ2v) is 5.96. The molecule has 0 saturated heterocycles. The molecule has 0 amide bonds. The molecule has 4 rings (SSSR count). The molecule has 0 spiro atoms. The SMILES string of the molecule is Cc1noc(C)c1-c1ccc(=O)n(Cc2ccc3nccnc3c2)c1. The predicted octanol–water partition coefficient (Wildman–Crippen LogP) is 3.11. The van der Waals surface area contributed by atoms with Gasteiger partial charge in [-0.15, -0.1) is 0 Å². The fourth-order valence-corrected chi connectivity index (χ4v) is 3.00. The summed E-state index contributed by atoms with van der Waals surface area (Å²) in [5.41, 5.74) is 5.23. The fraction of sp³-hybridized carbons (Fsp3) is 0.158. The Morgan fingerprint density at radius 2 is 1.84 bits per heavy atom. The Morgan fingerprint density at radius 1 is 1.04 bits per heavy atom. The quantitative estimate of drug-likeness (QED) is 0.576. The van der Waals surface area contributed by atoms with E-state index < -0.39 is 0 Å². The molecule has 1 aromatic carbocycles. The van der Waals surface area contributed by atoms with Gasteiger partial charge in [0, 0.05) is 35.8 Å². The van der Waals surface area contributed by atoms with Crippen molar-refractivity contribution in [3.8, 4) is 11.1 Å². The third-order valence-corrected chi connectivity index (χ3v) is 4.19. The maximum absolute atomic E-state index is 12.3. The molecule has 124 valence electrons. The second-order valence-electron chi connectivity index (χ2n) is 5.96. The van der Waals surface area contributed by atoms with Gasteiger partial charge in [0.05, 0.1) is 23.3 Å². The minimum Gasteiger partial charge on any atom is -0.361 e. The number of nitrogens with zero attached hydrogens (tertiary/aromatic N) is 4. The Kier molecular flexibility index (Phi) is 3.65. The number of hydrogen-bond acceptors (Lipinski definition) is 5. The highest BCUT2D eigenvalue weighted by molar-refractivity contribution is 5.74. The Hall–Kier alpha value is -3.28. The summed E-state index contributed by atoms with van der Waals surface area (Å²) in [6.45, 7) is 4.22. The summed E-state index contributed by atoms with van der Waals surface area (Å²) in [5, 5.41) is 3.99. The number of pyridine rings is 1. The highest BCUT2D eigenvalue weighted by Gasteiger charge is 2.12. The van der Waals surface area contributed by atoms with Gasteiger partial charge in [-0.2, -0.15) is 0 Å². The first-order valence-electron chi connectivity index (χ1n) is 7.95. The maximum Gasteiger partial charge on any atom is 0.250 e. The van der Waals surface area contributed by atoms with Crippen LogP contribution in [0.3, 0.4) is 0 Å². The van der Waals surface area contributed by atoms with E-state index >= 15 is 0 Å². The molecule has 0 saturated carbocycles. The zero-order chi connectivity index (χ0) is 17.4. The molecule has 3 heterocycles. The van der Waals surface area contributed by atoms with E-state index in [2.05, 4.69) is 15.1 Å². The lowest BCUT2D eigenvalue weighted by molar-refractivity contribution is 0.393. The van der Waals surface area contributed by atoms with Crippen molar-refractivity contribution in [1.82, 2.24) is 19.7 Å². The van der Waals surface area contributed by atoms with Gasteiger partial charge in [-0.05, 0) is 37.6 Å². The van der Waals surface area contributed by atoms with Crippen LogP contribution in [0, 0.1) is 13.8 Å². The molecule has 0 fully saturated rings. The van der Waals surface area contributed by atoms with Crippen LogP contribution in [-0.4, -0.2) is 19.7 Å². The van der Waals surface area contributed by atoms with E-state index in [0.29, 0.717) is 6.54 Å². The van der Waals surface area contributed by atoms with Gasteiger partial charge in [-0.25, -0.2) is 0 Å². The molecule has 4 aromatic rings. The van der Waals surface area contributed by atoms with Gasteiger partial charge >= 0.3 is 0 Å². The van der Waals surface area contributed by atoms with Crippen molar-refractivity contribution < 1.29 is 4.52 Å². The smallest absolute Gasteiger partial charge is 0.250 e. The third-order valence-electron chi connectivity index (χ3n) is 4.19. The van der Waals surface area contributed by atoms with Crippen molar-refractivity contribution in [3.05, 3.63) is 76.3 Å². The minimum atomic E-state index is -0.0604. The van der Waals surface area contributed by atoms with Crippen molar-refractivity contribution in [2.45, 2.75) is 20.4 Å². The zero-order valence-electron chi connectivity index (χ0n) is 13.9. The van der Waals surface area contributed by atoms with E-state index in [-0.39, 0.29) is 5.56 Å². The first kappa shape index (κ1) is 15.3. The van der Waals surface area contributed by atoms with Crippen LogP contribution < -0.4 is 5.56 Å². The Balaban J connectivity index is 1.74. The molecule has 6 nitrogen and oxygen atoms in total. The first-order chi connectivity index (χ1) is 12.1. The lowest BCUT2D eigenvalue weighted by Gasteiger charge is -2.09. The van der Waals surface area contributed by atoms with Crippen LogP contribution >= 0.6 is 0 Å². The molecular weight excluding hydrogens is 316 g/mol. The molecule has 6 heteroatoms. The molecule has 0 N–H and O–H groups in total. The number of hydrogen-bond donors (Lipinski definition) is 0. The molecule has 0 unspecified atom stereocenters. The lowest BCUT2D eigenvalue weighted by atomic mass is 10.1. The molecule has 0 bridgehead atoms. The van der Waals surface area contributed by atoms with Crippen molar-refractivity contribution >= 4 is 11.0 Å². The third kappa shape index (κ3) is 2.82. The van der Waals surface area contributed by atoms with E-state index in [9.17, 15) is 4.79 Å². The number of benzene rings is 1. The van der Waals surface area contributed by atoms with Crippen LogP contribution in [0.2, 0.25) is 0 Å². The standard InChI is InChI=1S/C19H16N4O2/c1-12-19(13(2)25-22-12)15-4-6-18(24)23(11-15)10-14-3-5-16-17(9-14)21-8-7-20-16/h3-9,11H,10H2,1-2H3. The summed E-state index contributed by atoms with van der Waals surface area (Å²) in [6, 6.07) is 9.21. The monoisotopic (exact) mass is 332 g/mol. The van der Waals surface area contributed by atoms with Crippen LogP contribution in [-0.2, 0) is 6.54 Å². The van der Waals surface area contributed by atoms with Gasteiger partial charge in [0.15, 0.2) is 0 Å². The highest BCUT2D eigenvalue weighted by Crippen LogP contribution is 2.25. The van der Waals surface area contributed by atoms with Gasteiger partial charge in [-0.3, -0.25) is 14.8 Å². The molecule has 25 heavy (non-hydrogen) atoms. The van der Waals surface area contributed by atoms with Gasteiger partial charge < -0.3 is 9.09 Å². The van der Waals surface area contributed by atoms with Gasteiger partial charge in [0.25, 0.3) is 5.56 Å². The van der Waals surface area contributed by atoms with E-state index in [4.69, 9.17) is 4.52 Å². The van der Waals surface area contributed by atoms with E-state index in [1.54, 1.807) is 29.1 Å². The number of fused-ring (bicyclic) bond motifs is 1. The van der Waals surface area contributed by atoms with Crippen molar-refractivity contribution in [1.29, 1.82) is 0 Å². The van der Waals surface area contributed by atoms with Crippen molar-refractivity contribution in [2.24, 2.45) is 0 Å². The largest absolute Gasteiger partial charge is 0.361 e. The molecular formula is C19H16N4O2. The Bertz CT molecular complexity index is 1110. The summed E-state index contributed by atoms with van der Waals surface area (Å²) >= 11 is 0. The van der Waals surface area contributed by atoms with Crippen LogP contribution in [0.15, 0.2) is 58.2 Å². The maximum atomic E-state index is 12.3. The normalized spacial score (nSPS) is 11.1. The topological polar surface area (TPSA) is 73.8 Å². The van der Waals surface area contributed by atoms with Gasteiger partial charge in [0.1, 0.15) is 5.76 Å². The fourth-order valence-electron chi connectivity index (χ4n) is 3.00. The van der Waals surface area contributed by atoms with E-state index in [1.165, 1.54) is 0 Å². The van der Waals surface area contributed by atoms with E-state index in [0.717, 1.165) is 39.2 Å². The summed E-state index contributed by atoms with van der Waals surface area (Å²) in [5.74, 6) is 0.740. The first-order valence-corrected chi connectivity index (χ1v) is 7.95. The van der Waals surface area contributed by atoms with Crippen LogP contribution in [0.4, 0.5) is 0 Å². The highest BCUT2D eigenvalue weighted by atomic mass is 16.5. The molecule has 0 aliphatic carbocycles. The summed E-state index contributed by atoms with van der Waals surface area (Å²) < 4.78 is 6.91. The summed E-state index contributed by atoms with van der Waals surface area (Å²) in [6.07, 6.45) is 5.17. The van der Waals surface area contributed by atoms with Crippen molar-refractivity contribution in [2.75, 3.05) is 0 Å².